The van der Waals surface area contributed by atoms with Crippen molar-refractivity contribution in [2.24, 2.45) is 5.92 Å². The Morgan fingerprint density at radius 2 is 1.87 bits per heavy atom. The molecule has 38 heavy (non-hydrogen) atoms. The highest BCUT2D eigenvalue weighted by atomic mass is 35.5. The fraction of sp³-hybridized carbons (Fsp3) is 0.500. The molecule has 0 radical (unpaired) electrons. The second kappa shape index (κ2) is 11.2. The summed E-state index contributed by atoms with van der Waals surface area (Å²) in [6.07, 6.45) is 2.79. The van der Waals surface area contributed by atoms with Gasteiger partial charge in [0, 0.05) is 36.3 Å². The number of nitrogens with zero attached hydrogens (tertiary/aromatic N) is 3. The first-order valence-corrected chi connectivity index (χ1v) is 14.0. The molecule has 2 atom stereocenters. The smallest absolute Gasteiger partial charge is 0.262 e. The van der Waals surface area contributed by atoms with Gasteiger partial charge in [-0.15, -0.1) is 0 Å². The molecule has 202 valence electrons. The number of carbonyl (C=O) groups is 1. The van der Waals surface area contributed by atoms with Crippen molar-refractivity contribution in [3.05, 3.63) is 63.4 Å². The fourth-order valence-corrected chi connectivity index (χ4v) is 6.14. The van der Waals surface area contributed by atoms with E-state index in [-0.39, 0.29) is 36.3 Å². The lowest BCUT2D eigenvalue weighted by molar-refractivity contribution is -0.122. The Bertz CT molecular complexity index is 1370. The molecule has 1 aromatic heterocycles. The maximum absolute atomic E-state index is 13.8. The molecule has 2 aromatic carbocycles. The van der Waals surface area contributed by atoms with Crippen molar-refractivity contribution in [2.45, 2.75) is 71.2 Å². The molecule has 1 saturated carbocycles. The van der Waals surface area contributed by atoms with E-state index in [1.165, 1.54) is 10.1 Å². The number of hydrogen-bond acceptors (Lipinski definition) is 5. The van der Waals surface area contributed by atoms with E-state index in [0.717, 1.165) is 32.5 Å². The summed E-state index contributed by atoms with van der Waals surface area (Å²) in [5, 5.41) is 3.98. The number of nitrogens with one attached hydrogen (secondary N) is 1. The standard InChI is InChI=1S/C30H37ClN4O3/c1-18(2)32-28(36)17-35-29(23-6-5-7-25(31)12-23)33-27-9-8-22(13-26(27)30(35)37)24-10-21(11-24)16-34-14-19(3)38-20(4)15-34/h5-9,12-13,18-21,24H,10-11,14-17H2,1-4H3,(H,32,36)/t19?,20?,21-,24-. The Kier molecular flexibility index (Phi) is 7.89. The highest BCUT2D eigenvalue weighted by Crippen LogP contribution is 2.42. The first kappa shape index (κ1) is 26.9. The Balaban J connectivity index is 1.40. The van der Waals surface area contributed by atoms with Gasteiger partial charge in [-0.25, -0.2) is 4.98 Å². The van der Waals surface area contributed by atoms with Gasteiger partial charge in [-0.2, -0.15) is 0 Å². The van der Waals surface area contributed by atoms with Crippen LogP contribution in [0.1, 0.15) is 52.0 Å². The minimum atomic E-state index is -0.226. The SMILES string of the molecule is CC(C)NC(=O)Cn1c(-c2cccc(Cl)c2)nc2ccc([C@H]3C[C@H](CN4CC(C)OC(C)C4)C3)cc2c1=O. The third-order valence-electron chi connectivity index (χ3n) is 7.53. The fourth-order valence-electron chi connectivity index (χ4n) is 5.95. The normalized spacial score (nSPS) is 23.9. The summed E-state index contributed by atoms with van der Waals surface area (Å²) in [5.74, 6) is 1.31. The van der Waals surface area contributed by atoms with Gasteiger partial charge in [-0.1, -0.05) is 29.8 Å². The molecule has 1 aliphatic carbocycles. The average molecular weight is 537 g/mol. The molecule has 0 bridgehead atoms. The zero-order valence-corrected chi connectivity index (χ0v) is 23.4. The second-order valence-corrected chi connectivity index (χ2v) is 11.8. The Morgan fingerprint density at radius 3 is 2.55 bits per heavy atom. The summed E-state index contributed by atoms with van der Waals surface area (Å²) < 4.78 is 7.35. The molecule has 1 saturated heterocycles. The largest absolute Gasteiger partial charge is 0.373 e. The van der Waals surface area contributed by atoms with E-state index in [1.54, 1.807) is 12.1 Å². The minimum Gasteiger partial charge on any atom is -0.373 e. The predicted octanol–water partition coefficient (Wildman–Crippen LogP) is 4.84. The van der Waals surface area contributed by atoms with E-state index in [9.17, 15) is 9.59 Å². The molecule has 1 amide bonds. The summed E-state index contributed by atoms with van der Waals surface area (Å²) in [7, 11) is 0. The lowest BCUT2D eigenvalue weighted by Crippen LogP contribution is -2.48. The van der Waals surface area contributed by atoms with Crippen LogP contribution in [0, 0.1) is 5.92 Å². The summed E-state index contributed by atoms with van der Waals surface area (Å²) in [6.45, 7) is 11.1. The number of halogens is 1. The number of aromatic nitrogens is 2. The number of ether oxygens (including phenoxy) is 1. The lowest BCUT2D eigenvalue weighted by Gasteiger charge is -2.42. The predicted molar refractivity (Wildman–Crippen MR) is 152 cm³/mol. The average Bonchev–Trinajstić information content (AvgIpc) is 2.81. The number of fused-ring (bicyclic) bond motifs is 1. The van der Waals surface area contributed by atoms with Gasteiger partial charge >= 0.3 is 0 Å². The monoisotopic (exact) mass is 536 g/mol. The van der Waals surface area contributed by atoms with E-state index in [0.29, 0.717) is 39.1 Å². The van der Waals surface area contributed by atoms with Gasteiger partial charge in [0.15, 0.2) is 0 Å². The van der Waals surface area contributed by atoms with Gasteiger partial charge in [0.2, 0.25) is 5.91 Å². The van der Waals surface area contributed by atoms with Gasteiger partial charge in [0.1, 0.15) is 12.4 Å². The van der Waals surface area contributed by atoms with Crippen molar-refractivity contribution in [1.82, 2.24) is 19.8 Å². The van der Waals surface area contributed by atoms with Gasteiger partial charge in [-0.05, 0) is 82.2 Å². The molecule has 2 aliphatic rings. The van der Waals surface area contributed by atoms with Crippen molar-refractivity contribution in [3.63, 3.8) is 0 Å². The molecule has 3 aromatic rings. The zero-order chi connectivity index (χ0) is 27.0. The van der Waals surface area contributed by atoms with Crippen LogP contribution in [0.3, 0.4) is 0 Å². The van der Waals surface area contributed by atoms with Gasteiger partial charge in [0.05, 0.1) is 23.1 Å². The number of rotatable bonds is 7. The third-order valence-corrected chi connectivity index (χ3v) is 7.77. The Labute approximate surface area is 229 Å². The zero-order valence-electron chi connectivity index (χ0n) is 22.6. The highest BCUT2D eigenvalue weighted by Gasteiger charge is 2.33. The molecule has 2 heterocycles. The minimum absolute atomic E-state index is 0.0247. The number of hydrogen-bond donors (Lipinski definition) is 1. The summed E-state index contributed by atoms with van der Waals surface area (Å²) in [5.41, 5.74) is 2.29. The quantitative estimate of drug-likeness (QED) is 0.467. The summed E-state index contributed by atoms with van der Waals surface area (Å²) in [4.78, 5) is 33.9. The Morgan fingerprint density at radius 1 is 1.13 bits per heavy atom. The maximum Gasteiger partial charge on any atom is 0.262 e. The van der Waals surface area contributed by atoms with E-state index in [2.05, 4.69) is 30.1 Å². The topological polar surface area (TPSA) is 76.5 Å². The van der Waals surface area contributed by atoms with Crippen LogP contribution >= 0.6 is 11.6 Å². The van der Waals surface area contributed by atoms with E-state index >= 15 is 0 Å². The van der Waals surface area contributed by atoms with Gasteiger partial charge in [0.25, 0.3) is 5.56 Å². The number of amides is 1. The van der Waals surface area contributed by atoms with Crippen LogP contribution in [-0.4, -0.2) is 58.2 Å². The van der Waals surface area contributed by atoms with Crippen LogP contribution in [0.2, 0.25) is 5.02 Å². The van der Waals surface area contributed by atoms with Crippen molar-refractivity contribution in [3.8, 4) is 11.4 Å². The third kappa shape index (κ3) is 5.95. The molecule has 2 fully saturated rings. The molecule has 1 N–H and O–H groups in total. The summed E-state index contributed by atoms with van der Waals surface area (Å²) in [6, 6.07) is 13.2. The van der Waals surface area contributed by atoms with Crippen molar-refractivity contribution in [1.29, 1.82) is 0 Å². The number of benzene rings is 2. The van der Waals surface area contributed by atoms with Crippen LogP contribution in [-0.2, 0) is 16.1 Å². The van der Waals surface area contributed by atoms with Crippen LogP contribution in [0.25, 0.3) is 22.3 Å². The molecule has 2 unspecified atom stereocenters. The molecule has 5 rings (SSSR count). The van der Waals surface area contributed by atoms with Crippen LogP contribution in [0.15, 0.2) is 47.3 Å². The first-order valence-electron chi connectivity index (χ1n) is 13.6. The molecular weight excluding hydrogens is 500 g/mol. The molecule has 8 heteroatoms. The van der Waals surface area contributed by atoms with Gasteiger partial charge < -0.3 is 10.1 Å². The highest BCUT2D eigenvalue weighted by molar-refractivity contribution is 6.30. The van der Waals surface area contributed by atoms with E-state index in [1.807, 2.05) is 38.1 Å². The molecule has 1 aliphatic heterocycles. The van der Waals surface area contributed by atoms with E-state index < -0.39 is 0 Å². The summed E-state index contributed by atoms with van der Waals surface area (Å²) >= 11 is 6.24. The molecule has 7 nitrogen and oxygen atoms in total. The van der Waals surface area contributed by atoms with Crippen LogP contribution in [0.4, 0.5) is 0 Å². The van der Waals surface area contributed by atoms with Crippen molar-refractivity contribution < 1.29 is 9.53 Å². The van der Waals surface area contributed by atoms with Crippen molar-refractivity contribution in [2.75, 3.05) is 19.6 Å². The van der Waals surface area contributed by atoms with Gasteiger partial charge in [-0.3, -0.25) is 19.1 Å². The number of morpholine rings is 1. The number of carbonyl (C=O) groups excluding carboxylic acids is 1. The van der Waals surface area contributed by atoms with Crippen molar-refractivity contribution >= 4 is 28.4 Å². The Hall–Kier alpha value is -2.74. The maximum atomic E-state index is 13.8. The molecule has 0 spiro atoms. The first-order chi connectivity index (χ1) is 18.2. The molecular formula is C30H37ClN4O3. The van der Waals surface area contributed by atoms with Crippen LogP contribution < -0.4 is 10.9 Å². The van der Waals surface area contributed by atoms with E-state index in [4.69, 9.17) is 21.3 Å². The lowest BCUT2D eigenvalue weighted by atomic mass is 9.71. The van der Waals surface area contributed by atoms with Crippen LogP contribution in [0.5, 0.6) is 0 Å². The second-order valence-electron chi connectivity index (χ2n) is 11.3.